The van der Waals surface area contributed by atoms with E-state index in [1.807, 2.05) is 37.1 Å². The molecule has 2 aliphatic rings. The Morgan fingerprint density at radius 1 is 1.23 bits per heavy atom. The van der Waals surface area contributed by atoms with Gasteiger partial charge in [0, 0.05) is 31.5 Å². The van der Waals surface area contributed by atoms with Crippen LogP contribution in [0.1, 0.15) is 53.5 Å². The van der Waals surface area contributed by atoms with Crippen molar-refractivity contribution < 1.29 is 4.79 Å². The molecule has 2 saturated heterocycles. The zero-order valence-corrected chi connectivity index (χ0v) is 15.0. The van der Waals surface area contributed by atoms with Gasteiger partial charge in [-0.25, -0.2) is 9.97 Å². The van der Waals surface area contributed by atoms with Crippen LogP contribution in [0.15, 0.2) is 24.7 Å². The van der Waals surface area contributed by atoms with E-state index in [0.717, 1.165) is 36.7 Å². The highest BCUT2D eigenvalue weighted by atomic mass is 16.2. The van der Waals surface area contributed by atoms with E-state index >= 15 is 0 Å². The zero-order chi connectivity index (χ0) is 17.8. The molecule has 3 aromatic heterocycles. The summed E-state index contributed by atoms with van der Waals surface area (Å²) >= 11 is 0. The zero-order valence-electron chi connectivity index (χ0n) is 15.0. The van der Waals surface area contributed by atoms with Crippen LogP contribution in [0.4, 0.5) is 0 Å². The summed E-state index contributed by atoms with van der Waals surface area (Å²) in [6, 6.07) is 2.47. The number of aromatic nitrogens is 5. The maximum absolute atomic E-state index is 13.4. The van der Waals surface area contributed by atoms with Crippen LogP contribution in [0.25, 0.3) is 11.0 Å². The molecule has 26 heavy (non-hydrogen) atoms. The van der Waals surface area contributed by atoms with Crippen molar-refractivity contribution in [1.29, 1.82) is 0 Å². The number of H-pyrrole nitrogens is 1. The quantitative estimate of drug-likeness (QED) is 0.770. The van der Waals surface area contributed by atoms with Gasteiger partial charge in [-0.2, -0.15) is 5.10 Å². The van der Waals surface area contributed by atoms with Crippen LogP contribution in [0.2, 0.25) is 0 Å². The third-order valence-corrected chi connectivity index (χ3v) is 5.89. The Labute approximate surface area is 151 Å². The molecular weight excluding hydrogens is 328 g/mol. The smallest absolute Gasteiger partial charge is 0.273 e. The Kier molecular flexibility index (Phi) is 3.38. The fourth-order valence-corrected chi connectivity index (χ4v) is 4.77. The molecule has 5 rings (SSSR count). The Morgan fingerprint density at radius 2 is 2.00 bits per heavy atom. The van der Waals surface area contributed by atoms with Gasteiger partial charge in [0.1, 0.15) is 17.2 Å². The number of fused-ring (bicyclic) bond motifs is 3. The van der Waals surface area contributed by atoms with E-state index in [-0.39, 0.29) is 18.0 Å². The van der Waals surface area contributed by atoms with Gasteiger partial charge in [-0.15, -0.1) is 0 Å². The molecule has 3 aromatic rings. The third kappa shape index (κ3) is 2.34. The largest absolute Gasteiger partial charge is 0.346 e. The van der Waals surface area contributed by atoms with Gasteiger partial charge in [0.15, 0.2) is 0 Å². The van der Waals surface area contributed by atoms with Gasteiger partial charge < -0.3 is 9.88 Å². The lowest BCUT2D eigenvalue weighted by atomic mass is 9.86. The monoisotopic (exact) mass is 350 g/mol. The van der Waals surface area contributed by atoms with Crippen molar-refractivity contribution in [3.63, 3.8) is 0 Å². The summed E-state index contributed by atoms with van der Waals surface area (Å²) in [6.07, 6.45) is 10.1. The van der Waals surface area contributed by atoms with Crippen molar-refractivity contribution in [2.75, 3.05) is 0 Å². The summed E-state index contributed by atoms with van der Waals surface area (Å²) in [6.45, 7) is 1.83. The second-order valence-corrected chi connectivity index (χ2v) is 7.57. The first-order valence-electron chi connectivity index (χ1n) is 9.23. The van der Waals surface area contributed by atoms with Crippen molar-refractivity contribution in [1.82, 2.24) is 29.6 Å². The van der Waals surface area contributed by atoms with E-state index in [9.17, 15) is 4.79 Å². The SMILES string of the molecule is Cc1nc(C(=O)N2C3CCC2CC(c2cnn(C)c2)C3)c2cc[nH]c2n1. The molecule has 0 aromatic carbocycles. The molecule has 0 spiro atoms. The first kappa shape index (κ1) is 15.5. The number of nitrogens with one attached hydrogen (secondary N) is 1. The lowest BCUT2D eigenvalue weighted by Crippen LogP contribution is -2.46. The number of aryl methyl sites for hydroxylation is 2. The fraction of sp³-hybridized carbons (Fsp3) is 0.474. The Balaban J connectivity index is 1.46. The average molecular weight is 350 g/mol. The minimum absolute atomic E-state index is 0.0530. The van der Waals surface area contributed by atoms with Gasteiger partial charge in [0.05, 0.1) is 11.6 Å². The highest BCUT2D eigenvalue weighted by Crippen LogP contribution is 2.43. The van der Waals surface area contributed by atoms with Crippen LogP contribution in [0, 0.1) is 6.92 Å². The summed E-state index contributed by atoms with van der Waals surface area (Å²) in [4.78, 5) is 27.4. The predicted molar refractivity (Wildman–Crippen MR) is 96.8 cm³/mol. The van der Waals surface area contributed by atoms with E-state index < -0.39 is 0 Å². The van der Waals surface area contributed by atoms with E-state index in [2.05, 4.69) is 31.1 Å². The second kappa shape index (κ2) is 5.65. The molecule has 2 aliphatic heterocycles. The first-order chi connectivity index (χ1) is 12.6. The highest BCUT2D eigenvalue weighted by molar-refractivity contribution is 6.04. The number of nitrogens with zero attached hydrogens (tertiary/aromatic N) is 5. The maximum Gasteiger partial charge on any atom is 0.273 e. The number of amides is 1. The lowest BCUT2D eigenvalue weighted by molar-refractivity contribution is 0.0567. The van der Waals surface area contributed by atoms with Gasteiger partial charge in [-0.1, -0.05) is 0 Å². The molecule has 134 valence electrons. The number of aromatic amines is 1. The molecule has 2 bridgehead atoms. The van der Waals surface area contributed by atoms with Crippen LogP contribution >= 0.6 is 0 Å². The third-order valence-electron chi connectivity index (χ3n) is 5.89. The summed E-state index contributed by atoms with van der Waals surface area (Å²) in [5, 5.41) is 5.13. The number of carbonyl (C=O) groups is 1. The fourth-order valence-electron chi connectivity index (χ4n) is 4.77. The summed E-state index contributed by atoms with van der Waals surface area (Å²) < 4.78 is 1.86. The number of carbonyl (C=O) groups excluding carboxylic acids is 1. The number of piperidine rings is 1. The molecular formula is C19H22N6O. The predicted octanol–water partition coefficient (Wildman–Crippen LogP) is 2.55. The van der Waals surface area contributed by atoms with E-state index in [1.54, 1.807) is 0 Å². The molecule has 5 heterocycles. The highest BCUT2D eigenvalue weighted by Gasteiger charge is 2.44. The van der Waals surface area contributed by atoms with Gasteiger partial charge in [0.25, 0.3) is 5.91 Å². The topological polar surface area (TPSA) is 79.7 Å². The first-order valence-corrected chi connectivity index (χ1v) is 9.23. The van der Waals surface area contributed by atoms with Gasteiger partial charge in [0.2, 0.25) is 0 Å². The molecule has 0 aliphatic carbocycles. The molecule has 0 radical (unpaired) electrons. The van der Waals surface area contributed by atoms with Crippen molar-refractivity contribution in [3.05, 3.63) is 41.7 Å². The Bertz CT molecular complexity index is 975. The molecule has 1 N–H and O–H groups in total. The van der Waals surface area contributed by atoms with E-state index in [1.165, 1.54) is 5.56 Å². The number of hydrogen-bond acceptors (Lipinski definition) is 4. The van der Waals surface area contributed by atoms with Gasteiger partial charge in [-0.3, -0.25) is 9.48 Å². The summed E-state index contributed by atoms with van der Waals surface area (Å²) in [5.74, 6) is 1.17. The maximum atomic E-state index is 13.4. The summed E-state index contributed by atoms with van der Waals surface area (Å²) in [7, 11) is 1.95. The molecule has 7 heteroatoms. The molecule has 1 amide bonds. The van der Waals surface area contributed by atoms with E-state index in [4.69, 9.17) is 0 Å². The minimum Gasteiger partial charge on any atom is -0.346 e. The van der Waals surface area contributed by atoms with Crippen LogP contribution < -0.4 is 0 Å². The Hall–Kier alpha value is -2.70. The minimum atomic E-state index is 0.0530. The molecule has 2 fully saturated rings. The second-order valence-electron chi connectivity index (χ2n) is 7.57. The molecule has 7 nitrogen and oxygen atoms in total. The lowest BCUT2D eigenvalue weighted by Gasteiger charge is -2.38. The van der Waals surface area contributed by atoms with Gasteiger partial charge >= 0.3 is 0 Å². The molecule has 2 atom stereocenters. The van der Waals surface area contributed by atoms with Crippen molar-refractivity contribution in [2.24, 2.45) is 7.05 Å². The van der Waals surface area contributed by atoms with Crippen LogP contribution in [-0.2, 0) is 7.05 Å². The number of rotatable bonds is 2. The van der Waals surface area contributed by atoms with Crippen molar-refractivity contribution in [3.8, 4) is 0 Å². The molecule has 2 unspecified atom stereocenters. The average Bonchev–Trinajstić information content (AvgIpc) is 3.31. The summed E-state index contributed by atoms with van der Waals surface area (Å²) in [5.41, 5.74) is 2.56. The van der Waals surface area contributed by atoms with Crippen LogP contribution in [0.5, 0.6) is 0 Å². The van der Waals surface area contributed by atoms with Crippen molar-refractivity contribution >= 4 is 16.9 Å². The normalized spacial score (nSPS) is 25.2. The standard InChI is InChI=1S/C19H22N6O/c1-11-22-17(16-5-6-20-18(16)23-11)19(26)25-14-3-4-15(25)8-12(7-14)13-9-21-24(2)10-13/h5-6,9-10,12,14-15H,3-4,7-8H2,1-2H3,(H,20,22,23). The Morgan fingerprint density at radius 3 is 2.69 bits per heavy atom. The van der Waals surface area contributed by atoms with E-state index in [0.29, 0.717) is 17.4 Å². The number of hydrogen-bond donors (Lipinski definition) is 1. The van der Waals surface area contributed by atoms with Gasteiger partial charge in [-0.05, 0) is 50.2 Å². The van der Waals surface area contributed by atoms with Crippen LogP contribution in [-0.4, -0.2) is 47.6 Å². The van der Waals surface area contributed by atoms with Crippen LogP contribution in [0.3, 0.4) is 0 Å². The molecule has 0 saturated carbocycles. The van der Waals surface area contributed by atoms with Crippen molar-refractivity contribution in [2.45, 2.75) is 50.6 Å².